The second kappa shape index (κ2) is 4.73. The Morgan fingerprint density at radius 2 is 2.31 bits per heavy atom. The Kier molecular flexibility index (Phi) is 3.60. The number of nitro groups is 1. The summed E-state index contributed by atoms with van der Waals surface area (Å²) < 4.78 is 6.10. The predicted molar refractivity (Wildman–Crippen MR) is 54.8 cm³/mol. The molecular formula is C9H13N3O4. The first-order valence-corrected chi connectivity index (χ1v) is 4.78. The van der Waals surface area contributed by atoms with Crippen LogP contribution in [0.25, 0.3) is 0 Å². The molecule has 1 rings (SSSR count). The monoisotopic (exact) mass is 227 g/mol. The molecule has 0 aliphatic carbocycles. The fourth-order valence-electron chi connectivity index (χ4n) is 1.20. The van der Waals surface area contributed by atoms with Crippen LogP contribution in [0.2, 0.25) is 0 Å². The summed E-state index contributed by atoms with van der Waals surface area (Å²) in [5, 5.41) is 14.2. The quantitative estimate of drug-likeness (QED) is 0.436. The van der Waals surface area contributed by atoms with Crippen molar-refractivity contribution in [1.29, 1.82) is 0 Å². The molecule has 1 aromatic rings. The number of esters is 1. The van der Waals surface area contributed by atoms with Crippen LogP contribution in [-0.2, 0) is 16.1 Å². The number of hydrogen-bond acceptors (Lipinski definition) is 5. The number of hydrogen-bond donors (Lipinski definition) is 0. The van der Waals surface area contributed by atoms with Gasteiger partial charge >= 0.3 is 11.8 Å². The predicted octanol–water partition coefficient (Wildman–Crippen LogP) is 1.05. The molecule has 0 aliphatic heterocycles. The molecule has 0 saturated carbocycles. The van der Waals surface area contributed by atoms with Gasteiger partial charge in [-0.15, -0.1) is 0 Å². The van der Waals surface area contributed by atoms with Gasteiger partial charge in [0.15, 0.2) is 6.54 Å². The standard InChI is InChI=1S/C9H13N3O4/c1-6(2)16-8(13)5-11-4-7(3)9(10-11)12(14)15/h4,6H,5H2,1-3H3. The van der Waals surface area contributed by atoms with E-state index >= 15 is 0 Å². The van der Waals surface area contributed by atoms with Crippen molar-refractivity contribution in [2.24, 2.45) is 0 Å². The van der Waals surface area contributed by atoms with Crippen LogP contribution in [0.15, 0.2) is 6.20 Å². The van der Waals surface area contributed by atoms with Gasteiger partial charge in [-0.05, 0) is 25.7 Å². The van der Waals surface area contributed by atoms with Crippen molar-refractivity contribution >= 4 is 11.8 Å². The zero-order valence-electron chi connectivity index (χ0n) is 9.34. The molecule has 0 bridgehead atoms. The minimum atomic E-state index is -0.584. The minimum absolute atomic E-state index is 0.118. The molecule has 7 nitrogen and oxygen atoms in total. The van der Waals surface area contributed by atoms with Gasteiger partial charge in [-0.2, -0.15) is 4.68 Å². The average Bonchev–Trinajstić information content (AvgIpc) is 2.44. The molecule has 1 aromatic heterocycles. The molecule has 0 aromatic carbocycles. The summed E-state index contributed by atoms with van der Waals surface area (Å²) in [4.78, 5) is 21.2. The highest BCUT2D eigenvalue weighted by atomic mass is 16.6. The molecule has 0 radical (unpaired) electrons. The van der Waals surface area contributed by atoms with Crippen molar-refractivity contribution in [2.45, 2.75) is 33.4 Å². The highest BCUT2D eigenvalue weighted by molar-refractivity contribution is 5.69. The molecule has 16 heavy (non-hydrogen) atoms. The maximum Gasteiger partial charge on any atom is 0.392 e. The number of aryl methyl sites for hydroxylation is 1. The van der Waals surface area contributed by atoms with Crippen LogP contribution in [0, 0.1) is 17.0 Å². The van der Waals surface area contributed by atoms with Crippen LogP contribution >= 0.6 is 0 Å². The summed E-state index contributed by atoms with van der Waals surface area (Å²) in [6, 6.07) is 0. The Morgan fingerprint density at radius 1 is 1.69 bits per heavy atom. The largest absolute Gasteiger partial charge is 0.462 e. The summed E-state index contributed by atoms with van der Waals surface area (Å²) in [7, 11) is 0. The summed E-state index contributed by atoms with van der Waals surface area (Å²) >= 11 is 0. The van der Waals surface area contributed by atoms with E-state index in [9.17, 15) is 14.9 Å². The van der Waals surface area contributed by atoms with E-state index in [1.165, 1.54) is 10.9 Å². The van der Waals surface area contributed by atoms with Gasteiger partial charge in [0.2, 0.25) is 0 Å². The van der Waals surface area contributed by atoms with Gasteiger partial charge in [0.25, 0.3) is 0 Å². The van der Waals surface area contributed by atoms with Gasteiger partial charge < -0.3 is 14.9 Å². The lowest BCUT2D eigenvalue weighted by molar-refractivity contribution is -0.390. The number of rotatable bonds is 4. The second-order valence-electron chi connectivity index (χ2n) is 3.63. The average molecular weight is 227 g/mol. The van der Waals surface area contributed by atoms with Crippen molar-refractivity contribution in [2.75, 3.05) is 0 Å². The summed E-state index contributed by atoms with van der Waals surface area (Å²) in [6.45, 7) is 4.91. The molecular weight excluding hydrogens is 214 g/mol. The number of carbonyl (C=O) groups is 1. The fourth-order valence-corrected chi connectivity index (χ4v) is 1.20. The first-order valence-electron chi connectivity index (χ1n) is 4.78. The van der Waals surface area contributed by atoms with E-state index in [0.29, 0.717) is 5.56 Å². The lowest BCUT2D eigenvalue weighted by atomic mass is 10.4. The Morgan fingerprint density at radius 3 is 2.75 bits per heavy atom. The molecule has 0 spiro atoms. The number of aromatic nitrogens is 2. The molecule has 7 heteroatoms. The third kappa shape index (κ3) is 3.04. The van der Waals surface area contributed by atoms with Gasteiger partial charge in [-0.25, -0.2) is 4.79 Å². The van der Waals surface area contributed by atoms with Crippen molar-refractivity contribution in [3.63, 3.8) is 0 Å². The molecule has 0 saturated heterocycles. The summed E-state index contributed by atoms with van der Waals surface area (Å²) in [6.07, 6.45) is 1.24. The van der Waals surface area contributed by atoms with Crippen LogP contribution in [-0.4, -0.2) is 26.8 Å². The van der Waals surface area contributed by atoms with E-state index in [4.69, 9.17) is 4.74 Å². The topological polar surface area (TPSA) is 87.3 Å². The van der Waals surface area contributed by atoms with Crippen molar-refractivity contribution < 1.29 is 14.5 Å². The normalized spacial score (nSPS) is 10.5. The highest BCUT2D eigenvalue weighted by Crippen LogP contribution is 2.13. The van der Waals surface area contributed by atoms with Gasteiger partial charge in [0.1, 0.15) is 0 Å². The lowest BCUT2D eigenvalue weighted by Gasteiger charge is -2.05. The summed E-state index contributed by atoms with van der Waals surface area (Å²) in [5.41, 5.74) is 0.419. The zero-order chi connectivity index (χ0) is 12.3. The highest BCUT2D eigenvalue weighted by Gasteiger charge is 2.19. The van der Waals surface area contributed by atoms with E-state index < -0.39 is 10.9 Å². The molecule has 0 fully saturated rings. The lowest BCUT2D eigenvalue weighted by Crippen LogP contribution is -2.17. The molecule has 0 atom stereocenters. The number of ether oxygens (including phenoxy) is 1. The maximum atomic E-state index is 11.3. The van der Waals surface area contributed by atoms with Crippen LogP contribution in [0.1, 0.15) is 19.4 Å². The Labute approximate surface area is 92.2 Å². The molecule has 88 valence electrons. The zero-order valence-corrected chi connectivity index (χ0v) is 9.34. The van der Waals surface area contributed by atoms with Crippen LogP contribution < -0.4 is 0 Å². The molecule has 0 amide bonds. The van der Waals surface area contributed by atoms with Gasteiger partial charge in [-0.1, -0.05) is 0 Å². The summed E-state index contributed by atoms with van der Waals surface area (Å²) in [5.74, 6) is -0.704. The Hall–Kier alpha value is -1.92. The van der Waals surface area contributed by atoms with E-state index in [0.717, 1.165) is 0 Å². The molecule has 0 N–H and O–H groups in total. The SMILES string of the molecule is Cc1cn(CC(=O)OC(C)C)nc1[N+](=O)[O-]. The second-order valence-corrected chi connectivity index (χ2v) is 3.63. The van der Waals surface area contributed by atoms with Gasteiger partial charge in [0, 0.05) is 0 Å². The smallest absolute Gasteiger partial charge is 0.392 e. The van der Waals surface area contributed by atoms with E-state index in [1.807, 2.05) is 0 Å². The first-order chi connectivity index (χ1) is 7.40. The molecule has 1 heterocycles. The van der Waals surface area contributed by atoms with Crippen molar-refractivity contribution in [3.05, 3.63) is 21.9 Å². The number of nitrogens with zero attached hydrogens (tertiary/aromatic N) is 3. The Balaban J connectivity index is 2.72. The Bertz CT molecular complexity index is 411. The van der Waals surface area contributed by atoms with Crippen molar-refractivity contribution in [3.8, 4) is 0 Å². The molecule has 0 aliphatic rings. The fraction of sp³-hybridized carbons (Fsp3) is 0.556. The first kappa shape index (κ1) is 12.2. The van der Waals surface area contributed by atoms with E-state index in [2.05, 4.69) is 5.10 Å². The third-order valence-corrected chi connectivity index (χ3v) is 1.75. The van der Waals surface area contributed by atoms with Gasteiger partial charge in [0.05, 0.1) is 23.0 Å². The third-order valence-electron chi connectivity index (χ3n) is 1.75. The number of carbonyl (C=O) groups excluding carboxylic acids is 1. The van der Waals surface area contributed by atoms with E-state index in [1.54, 1.807) is 20.8 Å². The maximum absolute atomic E-state index is 11.3. The van der Waals surface area contributed by atoms with Gasteiger partial charge in [-0.3, -0.25) is 0 Å². The molecule has 0 unspecified atom stereocenters. The van der Waals surface area contributed by atoms with E-state index in [-0.39, 0.29) is 18.5 Å². The van der Waals surface area contributed by atoms with Crippen molar-refractivity contribution in [1.82, 2.24) is 9.78 Å². The van der Waals surface area contributed by atoms with Crippen LogP contribution in [0.4, 0.5) is 5.82 Å². The van der Waals surface area contributed by atoms with Crippen LogP contribution in [0.5, 0.6) is 0 Å². The van der Waals surface area contributed by atoms with Crippen LogP contribution in [0.3, 0.4) is 0 Å². The minimum Gasteiger partial charge on any atom is -0.462 e.